The van der Waals surface area contributed by atoms with Gasteiger partial charge in [0.05, 0.1) is 0 Å². The maximum atomic E-state index is 5.48. The summed E-state index contributed by atoms with van der Waals surface area (Å²) in [7, 11) is 0. The molecule has 100 valence electrons. The van der Waals surface area contributed by atoms with Crippen molar-refractivity contribution in [3.8, 4) is 0 Å². The standard InChI is InChI=1S/C13H21N3O2/c1-2-10(9-17-7-1)8-12-15-13(16-18-12)11-3-5-14-6-4-11/h10-11,14H,1-9H2. The molecule has 1 atom stereocenters. The third kappa shape index (κ3) is 2.90. The van der Waals surface area contributed by atoms with E-state index < -0.39 is 0 Å². The Labute approximate surface area is 107 Å². The maximum absolute atomic E-state index is 5.48. The number of ether oxygens (including phenoxy) is 1. The average Bonchev–Trinajstić information content (AvgIpc) is 2.89. The van der Waals surface area contributed by atoms with Gasteiger partial charge in [0.1, 0.15) is 0 Å². The zero-order chi connectivity index (χ0) is 12.2. The van der Waals surface area contributed by atoms with Gasteiger partial charge in [-0.05, 0) is 44.7 Å². The lowest BCUT2D eigenvalue weighted by molar-refractivity contribution is 0.0520. The van der Waals surface area contributed by atoms with E-state index in [1.165, 1.54) is 6.42 Å². The highest BCUT2D eigenvalue weighted by molar-refractivity contribution is 4.98. The fraction of sp³-hybridized carbons (Fsp3) is 0.846. The highest BCUT2D eigenvalue weighted by Crippen LogP contribution is 2.24. The number of rotatable bonds is 3. The molecule has 2 aliphatic rings. The summed E-state index contributed by atoms with van der Waals surface area (Å²) in [5.41, 5.74) is 0. The molecule has 0 saturated carbocycles. The van der Waals surface area contributed by atoms with Crippen LogP contribution in [0.1, 0.15) is 43.3 Å². The van der Waals surface area contributed by atoms with E-state index in [9.17, 15) is 0 Å². The molecule has 0 amide bonds. The van der Waals surface area contributed by atoms with Crippen LogP contribution in [0.3, 0.4) is 0 Å². The van der Waals surface area contributed by atoms with Crippen molar-refractivity contribution in [3.05, 3.63) is 11.7 Å². The molecule has 18 heavy (non-hydrogen) atoms. The van der Waals surface area contributed by atoms with E-state index in [0.29, 0.717) is 11.8 Å². The molecule has 1 unspecified atom stereocenters. The van der Waals surface area contributed by atoms with Crippen molar-refractivity contribution in [3.63, 3.8) is 0 Å². The second-order valence-electron chi connectivity index (χ2n) is 5.36. The third-order valence-electron chi connectivity index (χ3n) is 3.91. The largest absolute Gasteiger partial charge is 0.381 e. The van der Waals surface area contributed by atoms with Crippen molar-refractivity contribution in [1.29, 1.82) is 0 Å². The lowest BCUT2D eigenvalue weighted by Crippen LogP contribution is -2.27. The molecule has 5 nitrogen and oxygen atoms in total. The molecule has 1 aromatic rings. The van der Waals surface area contributed by atoms with E-state index in [2.05, 4.69) is 15.5 Å². The Morgan fingerprint density at radius 2 is 2.11 bits per heavy atom. The summed E-state index contributed by atoms with van der Waals surface area (Å²) in [6.07, 6.45) is 5.47. The molecule has 1 N–H and O–H groups in total. The molecule has 2 aliphatic heterocycles. The van der Waals surface area contributed by atoms with E-state index in [-0.39, 0.29) is 0 Å². The molecule has 0 bridgehead atoms. The molecule has 1 aromatic heterocycles. The fourth-order valence-corrected chi connectivity index (χ4v) is 2.81. The quantitative estimate of drug-likeness (QED) is 0.882. The van der Waals surface area contributed by atoms with Crippen molar-refractivity contribution >= 4 is 0 Å². The smallest absolute Gasteiger partial charge is 0.227 e. The van der Waals surface area contributed by atoms with Crippen LogP contribution < -0.4 is 5.32 Å². The van der Waals surface area contributed by atoms with E-state index in [0.717, 1.165) is 63.7 Å². The number of hydrogen-bond donors (Lipinski definition) is 1. The Morgan fingerprint density at radius 3 is 2.89 bits per heavy atom. The number of nitrogens with zero attached hydrogens (tertiary/aromatic N) is 2. The Kier molecular flexibility index (Phi) is 3.90. The Hall–Kier alpha value is -0.940. The minimum absolute atomic E-state index is 0.478. The first kappa shape index (κ1) is 12.1. The van der Waals surface area contributed by atoms with Crippen LogP contribution in [0.5, 0.6) is 0 Å². The normalized spacial score (nSPS) is 26.3. The third-order valence-corrected chi connectivity index (χ3v) is 3.91. The Balaban J connectivity index is 1.58. The van der Waals surface area contributed by atoms with Gasteiger partial charge in [0.2, 0.25) is 5.89 Å². The zero-order valence-corrected chi connectivity index (χ0v) is 10.7. The molecular formula is C13H21N3O2. The van der Waals surface area contributed by atoms with E-state index in [1.807, 2.05) is 0 Å². The summed E-state index contributed by atoms with van der Waals surface area (Å²) in [6.45, 7) is 3.86. The van der Waals surface area contributed by atoms with E-state index >= 15 is 0 Å². The summed E-state index contributed by atoms with van der Waals surface area (Å²) in [5.74, 6) is 2.73. The van der Waals surface area contributed by atoms with Crippen molar-refractivity contribution in [1.82, 2.24) is 15.5 Å². The van der Waals surface area contributed by atoms with Crippen LogP contribution in [0.2, 0.25) is 0 Å². The molecule has 3 heterocycles. The highest BCUT2D eigenvalue weighted by Gasteiger charge is 2.22. The van der Waals surface area contributed by atoms with Gasteiger partial charge in [-0.25, -0.2) is 0 Å². The molecule has 3 rings (SSSR count). The van der Waals surface area contributed by atoms with Gasteiger partial charge in [0, 0.05) is 25.6 Å². The maximum Gasteiger partial charge on any atom is 0.227 e. The summed E-state index contributed by atoms with van der Waals surface area (Å²) < 4.78 is 10.9. The van der Waals surface area contributed by atoms with Crippen molar-refractivity contribution < 1.29 is 9.26 Å². The molecule has 2 saturated heterocycles. The van der Waals surface area contributed by atoms with Gasteiger partial charge in [0.15, 0.2) is 5.82 Å². The van der Waals surface area contributed by atoms with Crippen LogP contribution in [0.15, 0.2) is 4.52 Å². The molecule has 0 radical (unpaired) electrons. The summed E-state index contributed by atoms with van der Waals surface area (Å²) in [6, 6.07) is 0. The second-order valence-corrected chi connectivity index (χ2v) is 5.36. The van der Waals surface area contributed by atoms with Crippen molar-refractivity contribution in [2.45, 2.75) is 38.0 Å². The highest BCUT2D eigenvalue weighted by atomic mass is 16.5. The van der Waals surface area contributed by atoms with Gasteiger partial charge in [-0.15, -0.1) is 0 Å². The molecule has 0 aliphatic carbocycles. The second kappa shape index (κ2) is 5.80. The summed E-state index contributed by atoms with van der Waals surface area (Å²) in [5, 5.41) is 7.50. The first-order valence-corrected chi connectivity index (χ1v) is 7.03. The number of aromatic nitrogens is 2. The van der Waals surface area contributed by atoms with E-state index in [4.69, 9.17) is 9.26 Å². The fourth-order valence-electron chi connectivity index (χ4n) is 2.81. The first-order chi connectivity index (χ1) is 8.92. The SMILES string of the molecule is C1COCC(Cc2nc(C3CCNCC3)no2)C1. The zero-order valence-electron chi connectivity index (χ0n) is 10.7. The van der Waals surface area contributed by atoms with Crippen LogP contribution in [-0.2, 0) is 11.2 Å². The topological polar surface area (TPSA) is 60.2 Å². The van der Waals surface area contributed by atoms with Gasteiger partial charge < -0.3 is 14.6 Å². The molecule has 0 spiro atoms. The predicted molar refractivity (Wildman–Crippen MR) is 66.4 cm³/mol. The summed E-state index contributed by atoms with van der Waals surface area (Å²) in [4.78, 5) is 4.57. The van der Waals surface area contributed by atoms with Crippen LogP contribution in [0.25, 0.3) is 0 Å². The lowest BCUT2D eigenvalue weighted by Gasteiger charge is -2.20. The molecular weight excluding hydrogens is 230 g/mol. The van der Waals surface area contributed by atoms with Crippen molar-refractivity contribution in [2.24, 2.45) is 5.92 Å². The number of hydrogen-bond acceptors (Lipinski definition) is 5. The average molecular weight is 251 g/mol. The minimum atomic E-state index is 0.478. The molecule has 2 fully saturated rings. The van der Waals surface area contributed by atoms with Gasteiger partial charge in [-0.1, -0.05) is 5.16 Å². The first-order valence-electron chi connectivity index (χ1n) is 7.03. The van der Waals surface area contributed by atoms with Crippen LogP contribution >= 0.6 is 0 Å². The molecule has 0 aromatic carbocycles. The van der Waals surface area contributed by atoms with Crippen LogP contribution in [0, 0.1) is 5.92 Å². The monoisotopic (exact) mass is 251 g/mol. The van der Waals surface area contributed by atoms with Crippen LogP contribution in [0.4, 0.5) is 0 Å². The van der Waals surface area contributed by atoms with Crippen LogP contribution in [-0.4, -0.2) is 36.4 Å². The van der Waals surface area contributed by atoms with Crippen molar-refractivity contribution in [2.75, 3.05) is 26.3 Å². The minimum Gasteiger partial charge on any atom is -0.381 e. The van der Waals surface area contributed by atoms with Gasteiger partial charge in [0.25, 0.3) is 0 Å². The van der Waals surface area contributed by atoms with Gasteiger partial charge in [-0.2, -0.15) is 4.98 Å². The van der Waals surface area contributed by atoms with Gasteiger partial charge >= 0.3 is 0 Å². The van der Waals surface area contributed by atoms with Gasteiger partial charge in [-0.3, -0.25) is 0 Å². The van der Waals surface area contributed by atoms with E-state index in [1.54, 1.807) is 0 Å². The Bertz CT molecular complexity index is 368. The summed E-state index contributed by atoms with van der Waals surface area (Å²) >= 11 is 0. The molecule has 5 heteroatoms. The lowest BCUT2D eigenvalue weighted by atomic mass is 9.97. The number of nitrogens with one attached hydrogen (secondary N) is 1. The predicted octanol–water partition coefficient (Wildman–Crippen LogP) is 1.51. The number of piperidine rings is 1. The Morgan fingerprint density at radius 1 is 1.22 bits per heavy atom.